The maximum absolute atomic E-state index is 12.8. The van der Waals surface area contributed by atoms with Crippen molar-refractivity contribution >= 4 is 37.7 Å². The van der Waals surface area contributed by atoms with Crippen LogP contribution in [0.1, 0.15) is 19.4 Å². The zero-order valence-corrected chi connectivity index (χ0v) is 16.1. The molecule has 0 spiro atoms. The number of nitrogens with one attached hydrogen (secondary N) is 1. The predicted molar refractivity (Wildman–Crippen MR) is 94.3 cm³/mol. The molecule has 0 saturated carbocycles. The number of nitrogens with zero attached hydrogens (tertiary/aromatic N) is 1. The number of halogens is 1. The van der Waals surface area contributed by atoms with Crippen LogP contribution in [-0.4, -0.2) is 44.4 Å². The van der Waals surface area contributed by atoms with Crippen molar-refractivity contribution in [3.63, 3.8) is 0 Å². The zero-order chi connectivity index (χ0) is 16.0. The van der Waals surface area contributed by atoms with E-state index in [1.54, 1.807) is 30.9 Å². The van der Waals surface area contributed by atoms with Gasteiger partial charge in [0, 0.05) is 29.9 Å². The highest BCUT2D eigenvalue weighted by Gasteiger charge is 2.27. The lowest BCUT2D eigenvalue weighted by Gasteiger charge is -2.24. The van der Waals surface area contributed by atoms with Gasteiger partial charge in [-0.05, 0) is 53.4 Å². The summed E-state index contributed by atoms with van der Waals surface area (Å²) >= 11 is 5.00. The first-order chi connectivity index (χ1) is 9.84. The van der Waals surface area contributed by atoms with E-state index in [9.17, 15) is 8.42 Å². The van der Waals surface area contributed by atoms with Gasteiger partial charge in [-0.25, -0.2) is 8.42 Å². The van der Waals surface area contributed by atoms with Crippen molar-refractivity contribution in [3.05, 3.63) is 28.2 Å². The first kappa shape index (κ1) is 19.0. The van der Waals surface area contributed by atoms with Gasteiger partial charge in [0.05, 0.1) is 4.90 Å². The molecule has 0 aliphatic rings. The SMILES string of the molecule is CCNCc1ccc(Br)c(S(=O)(=O)N(C)C(C)CSC)c1. The molecule has 0 fully saturated rings. The standard InChI is InChI=1S/C14H23BrN2O2S2/c1-5-16-9-12-6-7-13(15)14(8-12)21(18,19)17(3)11(2)10-20-4/h6-8,11,16H,5,9-10H2,1-4H3. The van der Waals surface area contributed by atoms with E-state index in [2.05, 4.69) is 21.2 Å². The van der Waals surface area contributed by atoms with Crippen LogP contribution < -0.4 is 5.32 Å². The minimum Gasteiger partial charge on any atom is -0.313 e. The Morgan fingerprint density at radius 3 is 2.67 bits per heavy atom. The van der Waals surface area contributed by atoms with Crippen LogP contribution in [0.5, 0.6) is 0 Å². The second-order valence-electron chi connectivity index (χ2n) is 4.87. The van der Waals surface area contributed by atoms with Crippen molar-refractivity contribution in [2.45, 2.75) is 31.3 Å². The predicted octanol–water partition coefficient (Wildman–Crippen LogP) is 2.93. The third kappa shape index (κ3) is 4.96. The lowest BCUT2D eigenvalue weighted by Crippen LogP contribution is -2.36. The lowest BCUT2D eigenvalue weighted by atomic mass is 10.2. The van der Waals surface area contributed by atoms with E-state index in [0.29, 0.717) is 15.9 Å². The van der Waals surface area contributed by atoms with E-state index in [0.717, 1.165) is 17.9 Å². The Labute approximate surface area is 140 Å². The molecular weight excluding hydrogens is 372 g/mol. The van der Waals surface area contributed by atoms with Gasteiger partial charge in [-0.15, -0.1) is 0 Å². The van der Waals surface area contributed by atoms with Crippen LogP contribution in [0.3, 0.4) is 0 Å². The summed E-state index contributed by atoms with van der Waals surface area (Å²) in [6, 6.07) is 5.42. The zero-order valence-electron chi connectivity index (χ0n) is 12.9. The quantitative estimate of drug-likeness (QED) is 0.736. The van der Waals surface area contributed by atoms with Gasteiger partial charge in [0.2, 0.25) is 10.0 Å². The lowest BCUT2D eigenvalue weighted by molar-refractivity contribution is 0.414. The Bertz CT molecular complexity index is 564. The molecule has 1 aromatic carbocycles. The summed E-state index contributed by atoms with van der Waals surface area (Å²) < 4.78 is 27.6. The molecule has 0 heterocycles. The molecule has 0 aliphatic heterocycles. The van der Waals surface area contributed by atoms with Crippen molar-refractivity contribution in [2.75, 3.05) is 25.6 Å². The first-order valence-electron chi connectivity index (χ1n) is 6.80. The van der Waals surface area contributed by atoms with Gasteiger partial charge in [0.15, 0.2) is 0 Å². The fraction of sp³-hybridized carbons (Fsp3) is 0.571. The number of hydrogen-bond donors (Lipinski definition) is 1. The maximum atomic E-state index is 12.8. The third-order valence-electron chi connectivity index (χ3n) is 3.26. The molecule has 1 atom stereocenters. The van der Waals surface area contributed by atoms with E-state index in [4.69, 9.17) is 0 Å². The van der Waals surface area contributed by atoms with Gasteiger partial charge < -0.3 is 5.32 Å². The number of thioether (sulfide) groups is 1. The van der Waals surface area contributed by atoms with Crippen molar-refractivity contribution in [3.8, 4) is 0 Å². The largest absolute Gasteiger partial charge is 0.313 e. The first-order valence-corrected chi connectivity index (χ1v) is 10.4. The molecule has 0 aromatic heterocycles. The van der Waals surface area contributed by atoms with Gasteiger partial charge in [-0.1, -0.05) is 13.0 Å². The van der Waals surface area contributed by atoms with Gasteiger partial charge in [-0.3, -0.25) is 0 Å². The highest BCUT2D eigenvalue weighted by molar-refractivity contribution is 9.10. The second kappa shape index (κ2) is 8.53. The molecule has 4 nitrogen and oxygen atoms in total. The maximum Gasteiger partial charge on any atom is 0.244 e. The van der Waals surface area contributed by atoms with Gasteiger partial charge in [0.25, 0.3) is 0 Å². The van der Waals surface area contributed by atoms with Crippen molar-refractivity contribution in [1.29, 1.82) is 0 Å². The molecular formula is C14H23BrN2O2S2. The van der Waals surface area contributed by atoms with Crippen LogP contribution in [0.15, 0.2) is 27.6 Å². The van der Waals surface area contributed by atoms with Crippen LogP contribution >= 0.6 is 27.7 Å². The Morgan fingerprint density at radius 2 is 2.10 bits per heavy atom. The smallest absolute Gasteiger partial charge is 0.244 e. The average molecular weight is 395 g/mol. The molecule has 7 heteroatoms. The van der Waals surface area contributed by atoms with Crippen LogP contribution in [0.2, 0.25) is 0 Å². The van der Waals surface area contributed by atoms with Crippen molar-refractivity contribution in [2.24, 2.45) is 0 Å². The summed E-state index contributed by atoms with van der Waals surface area (Å²) in [4.78, 5) is 0.327. The number of sulfonamides is 1. The summed E-state index contributed by atoms with van der Waals surface area (Å²) in [5, 5.41) is 3.21. The van der Waals surface area contributed by atoms with Crippen molar-refractivity contribution in [1.82, 2.24) is 9.62 Å². The van der Waals surface area contributed by atoms with E-state index < -0.39 is 10.0 Å². The fourth-order valence-electron chi connectivity index (χ4n) is 1.86. The molecule has 0 bridgehead atoms. The summed E-state index contributed by atoms with van der Waals surface area (Å²) in [7, 11) is -1.85. The summed E-state index contributed by atoms with van der Waals surface area (Å²) in [6.07, 6.45) is 1.98. The van der Waals surface area contributed by atoms with Crippen LogP contribution in [-0.2, 0) is 16.6 Å². The van der Waals surface area contributed by atoms with Crippen LogP contribution in [0.4, 0.5) is 0 Å². The Hall–Kier alpha value is -0.0800. The topological polar surface area (TPSA) is 49.4 Å². The molecule has 1 aromatic rings. The highest BCUT2D eigenvalue weighted by atomic mass is 79.9. The molecule has 21 heavy (non-hydrogen) atoms. The normalized spacial score (nSPS) is 13.6. The van der Waals surface area contributed by atoms with Gasteiger partial charge in [0.1, 0.15) is 0 Å². The van der Waals surface area contributed by atoms with E-state index >= 15 is 0 Å². The molecule has 0 aliphatic carbocycles. The Balaban J connectivity index is 3.12. The second-order valence-corrected chi connectivity index (χ2v) is 8.60. The molecule has 1 rings (SSSR count). The van der Waals surface area contributed by atoms with Crippen LogP contribution in [0.25, 0.3) is 0 Å². The molecule has 120 valence electrons. The van der Waals surface area contributed by atoms with Gasteiger partial charge >= 0.3 is 0 Å². The fourth-order valence-corrected chi connectivity index (χ4v) is 5.00. The Morgan fingerprint density at radius 1 is 1.43 bits per heavy atom. The van der Waals surface area contributed by atoms with Gasteiger partial charge in [-0.2, -0.15) is 16.1 Å². The molecule has 1 unspecified atom stereocenters. The monoisotopic (exact) mass is 394 g/mol. The Kier molecular flexibility index (Phi) is 7.70. The molecule has 1 N–H and O–H groups in total. The van der Waals surface area contributed by atoms with E-state index in [-0.39, 0.29) is 6.04 Å². The summed E-state index contributed by atoms with van der Waals surface area (Å²) in [5.74, 6) is 0.768. The molecule has 0 saturated heterocycles. The summed E-state index contributed by atoms with van der Waals surface area (Å²) in [6.45, 7) is 5.46. The average Bonchev–Trinajstić information content (AvgIpc) is 2.45. The minimum absolute atomic E-state index is 0.0469. The van der Waals surface area contributed by atoms with Crippen molar-refractivity contribution < 1.29 is 8.42 Å². The molecule has 0 amide bonds. The number of benzene rings is 1. The highest BCUT2D eigenvalue weighted by Crippen LogP contribution is 2.27. The third-order valence-corrected chi connectivity index (χ3v) is 7.04. The number of hydrogen-bond acceptors (Lipinski definition) is 4. The molecule has 0 radical (unpaired) electrons. The van der Waals surface area contributed by atoms with Crippen LogP contribution in [0, 0.1) is 0 Å². The van der Waals surface area contributed by atoms with E-state index in [1.165, 1.54) is 4.31 Å². The minimum atomic E-state index is -3.49. The summed E-state index contributed by atoms with van der Waals surface area (Å²) in [5.41, 5.74) is 0.963. The van der Waals surface area contributed by atoms with E-state index in [1.807, 2.05) is 26.2 Å². The number of rotatable bonds is 8.